The first-order chi connectivity index (χ1) is 9.61. The number of halogens is 1. The van der Waals surface area contributed by atoms with Crippen LogP contribution in [-0.2, 0) is 0 Å². The lowest BCUT2D eigenvalue weighted by Crippen LogP contribution is -2.37. The molecule has 6 nitrogen and oxygen atoms in total. The topological polar surface area (TPSA) is 67.9 Å². The van der Waals surface area contributed by atoms with E-state index >= 15 is 0 Å². The summed E-state index contributed by atoms with van der Waals surface area (Å²) in [5, 5.41) is 7.23. The smallest absolute Gasteiger partial charge is 0.266 e. The van der Waals surface area contributed by atoms with Crippen LogP contribution < -0.4 is 4.90 Å². The molecule has 1 aliphatic rings. The van der Waals surface area contributed by atoms with E-state index in [2.05, 4.69) is 20.2 Å². The SMILES string of the molecule is [2H]c1nnc(-c2cc(C)nc(N3CCCC(F)C3)n2)o1. The van der Waals surface area contributed by atoms with Crippen LogP contribution in [0.3, 0.4) is 0 Å². The van der Waals surface area contributed by atoms with Gasteiger partial charge in [-0.3, -0.25) is 0 Å². The van der Waals surface area contributed by atoms with Gasteiger partial charge in [-0.05, 0) is 25.8 Å². The minimum Gasteiger partial charge on any atom is -0.422 e. The molecule has 0 N–H and O–H groups in total. The Bertz CT molecular complexity index is 620. The second kappa shape index (κ2) is 4.91. The Hall–Kier alpha value is -2.05. The molecule has 2 aromatic rings. The second-order valence-electron chi connectivity index (χ2n) is 4.58. The fraction of sp³-hybridized carbons (Fsp3) is 0.500. The third-order valence-electron chi connectivity index (χ3n) is 3.03. The van der Waals surface area contributed by atoms with Crippen LogP contribution >= 0.6 is 0 Å². The summed E-state index contributed by atoms with van der Waals surface area (Å²) in [6.07, 6.45) is 0.255. The molecule has 1 fully saturated rings. The Kier molecular flexibility index (Phi) is 2.80. The van der Waals surface area contributed by atoms with E-state index in [1.165, 1.54) is 0 Å². The first kappa shape index (κ1) is 10.8. The van der Waals surface area contributed by atoms with E-state index < -0.39 is 6.17 Å². The van der Waals surface area contributed by atoms with Crippen molar-refractivity contribution >= 4 is 5.95 Å². The summed E-state index contributed by atoms with van der Waals surface area (Å²) in [5.41, 5.74) is 1.19. The molecule has 0 amide bonds. The van der Waals surface area contributed by atoms with Crippen molar-refractivity contribution in [2.24, 2.45) is 0 Å². The van der Waals surface area contributed by atoms with Crippen LogP contribution in [0, 0.1) is 6.92 Å². The van der Waals surface area contributed by atoms with Crippen LogP contribution in [-0.4, -0.2) is 39.4 Å². The predicted molar refractivity (Wildman–Crippen MR) is 66.4 cm³/mol. The highest BCUT2D eigenvalue weighted by Crippen LogP contribution is 2.22. The zero-order chi connectivity index (χ0) is 14.1. The Morgan fingerprint density at radius 1 is 1.53 bits per heavy atom. The van der Waals surface area contributed by atoms with Gasteiger partial charge in [0.25, 0.3) is 5.89 Å². The summed E-state index contributed by atoms with van der Waals surface area (Å²) < 4.78 is 25.8. The zero-order valence-electron chi connectivity index (χ0n) is 11.5. The summed E-state index contributed by atoms with van der Waals surface area (Å²) in [6.45, 7) is 2.86. The average Bonchev–Trinajstić information content (AvgIpc) is 2.85. The Labute approximate surface area is 111 Å². The standard InChI is InChI=1S/C12H14FN5O/c1-8-5-10(11-17-14-7-19-11)16-12(15-8)18-4-2-3-9(13)6-18/h5,7,9H,2-4,6H2,1H3/i7D. The fourth-order valence-corrected chi connectivity index (χ4v) is 2.16. The quantitative estimate of drug-likeness (QED) is 0.823. The molecule has 1 aliphatic heterocycles. The van der Waals surface area contributed by atoms with Crippen molar-refractivity contribution in [2.75, 3.05) is 18.0 Å². The minimum atomic E-state index is -0.848. The third kappa shape index (κ3) is 2.54. The monoisotopic (exact) mass is 264 g/mol. The normalized spacial score (nSPS) is 20.4. The van der Waals surface area contributed by atoms with Crippen LogP contribution in [0.2, 0.25) is 0 Å². The van der Waals surface area contributed by atoms with E-state index in [1.54, 1.807) is 6.07 Å². The van der Waals surface area contributed by atoms with Crippen LogP contribution in [0.5, 0.6) is 0 Å². The molecular formula is C12H14FN5O. The highest BCUT2D eigenvalue weighted by atomic mass is 19.1. The highest BCUT2D eigenvalue weighted by Gasteiger charge is 2.22. The van der Waals surface area contributed by atoms with E-state index in [4.69, 9.17) is 5.79 Å². The Morgan fingerprint density at radius 3 is 3.16 bits per heavy atom. The lowest BCUT2D eigenvalue weighted by atomic mass is 10.1. The summed E-state index contributed by atoms with van der Waals surface area (Å²) in [7, 11) is 0. The predicted octanol–water partition coefficient (Wildman–Crippen LogP) is 1.77. The Morgan fingerprint density at radius 2 is 2.42 bits per heavy atom. The number of alkyl halides is 1. The van der Waals surface area contributed by atoms with Crippen molar-refractivity contribution in [3.63, 3.8) is 0 Å². The van der Waals surface area contributed by atoms with Gasteiger partial charge in [0.2, 0.25) is 12.3 Å². The fourth-order valence-electron chi connectivity index (χ4n) is 2.16. The van der Waals surface area contributed by atoms with Crippen molar-refractivity contribution < 1.29 is 10.2 Å². The molecule has 100 valence electrons. The average molecular weight is 264 g/mol. The molecule has 7 heteroatoms. The van der Waals surface area contributed by atoms with Gasteiger partial charge in [-0.25, -0.2) is 14.4 Å². The highest BCUT2D eigenvalue weighted by molar-refractivity contribution is 5.50. The van der Waals surface area contributed by atoms with Crippen LogP contribution in [0.25, 0.3) is 11.6 Å². The van der Waals surface area contributed by atoms with Gasteiger partial charge in [0.15, 0.2) is 0 Å². The molecule has 19 heavy (non-hydrogen) atoms. The van der Waals surface area contributed by atoms with Gasteiger partial charge < -0.3 is 9.32 Å². The van der Waals surface area contributed by atoms with Gasteiger partial charge in [0, 0.05) is 12.2 Å². The van der Waals surface area contributed by atoms with E-state index in [9.17, 15) is 4.39 Å². The molecule has 3 rings (SSSR count). The van der Waals surface area contributed by atoms with E-state index in [1.807, 2.05) is 11.8 Å². The van der Waals surface area contributed by atoms with E-state index in [-0.39, 0.29) is 12.3 Å². The molecule has 0 radical (unpaired) electrons. The number of aryl methyl sites for hydroxylation is 1. The molecule has 1 saturated heterocycles. The van der Waals surface area contributed by atoms with Crippen molar-refractivity contribution in [3.05, 3.63) is 18.1 Å². The van der Waals surface area contributed by atoms with Crippen molar-refractivity contribution in [1.29, 1.82) is 0 Å². The van der Waals surface area contributed by atoms with Crippen LogP contribution in [0.15, 0.2) is 16.9 Å². The lowest BCUT2D eigenvalue weighted by molar-refractivity contribution is 0.285. The number of nitrogens with zero attached hydrogens (tertiary/aromatic N) is 5. The first-order valence-corrected chi connectivity index (χ1v) is 6.17. The van der Waals surface area contributed by atoms with Gasteiger partial charge in [0.05, 0.1) is 6.54 Å². The van der Waals surface area contributed by atoms with Gasteiger partial charge in [0.1, 0.15) is 13.2 Å². The van der Waals surface area contributed by atoms with Crippen LogP contribution in [0.1, 0.15) is 19.9 Å². The minimum absolute atomic E-state index is 0.176. The van der Waals surface area contributed by atoms with E-state index in [0.717, 1.165) is 18.7 Å². The number of piperidine rings is 1. The van der Waals surface area contributed by atoms with Crippen LogP contribution in [0.4, 0.5) is 10.3 Å². The molecule has 3 heterocycles. The molecular weight excluding hydrogens is 249 g/mol. The summed E-state index contributed by atoms with van der Waals surface area (Å²) in [4.78, 5) is 10.5. The largest absolute Gasteiger partial charge is 0.422 e. The summed E-state index contributed by atoms with van der Waals surface area (Å²) in [6, 6.07) is 1.70. The van der Waals surface area contributed by atoms with Gasteiger partial charge in [-0.2, -0.15) is 0 Å². The molecule has 1 unspecified atom stereocenters. The summed E-state index contributed by atoms with van der Waals surface area (Å²) in [5.74, 6) is 0.641. The second-order valence-corrected chi connectivity index (χ2v) is 4.58. The van der Waals surface area contributed by atoms with Gasteiger partial charge in [-0.1, -0.05) is 0 Å². The van der Waals surface area contributed by atoms with E-state index in [0.29, 0.717) is 24.6 Å². The molecule has 0 bridgehead atoms. The number of hydrogen-bond acceptors (Lipinski definition) is 6. The van der Waals surface area contributed by atoms with Crippen molar-refractivity contribution in [2.45, 2.75) is 25.9 Å². The maximum atomic E-state index is 13.5. The number of anilines is 1. The van der Waals surface area contributed by atoms with Gasteiger partial charge in [-0.15, -0.1) is 10.2 Å². The first-order valence-electron chi connectivity index (χ1n) is 6.67. The molecule has 0 spiro atoms. The zero-order valence-corrected chi connectivity index (χ0v) is 10.5. The Balaban J connectivity index is 1.94. The molecule has 0 aromatic carbocycles. The molecule has 0 saturated carbocycles. The van der Waals surface area contributed by atoms with Gasteiger partial charge >= 0.3 is 0 Å². The maximum Gasteiger partial charge on any atom is 0.266 e. The summed E-state index contributed by atoms with van der Waals surface area (Å²) >= 11 is 0. The number of hydrogen-bond donors (Lipinski definition) is 0. The lowest BCUT2D eigenvalue weighted by Gasteiger charge is -2.29. The van der Waals surface area contributed by atoms with Crippen molar-refractivity contribution in [1.82, 2.24) is 20.2 Å². The molecule has 0 aliphatic carbocycles. The molecule has 2 aromatic heterocycles. The number of rotatable bonds is 2. The van der Waals surface area contributed by atoms with Crippen molar-refractivity contribution in [3.8, 4) is 11.6 Å². The maximum absolute atomic E-state index is 13.5. The third-order valence-corrected chi connectivity index (χ3v) is 3.03. The number of aromatic nitrogens is 4. The molecule has 1 atom stereocenters.